The molecule has 0 aromatic carbocycles. The number of hydrogen-bond acceptors (Lipinski definition) is 3. The molecule has 0 aliphatic heterocycles. The Labute approximate surface area is 103 Å². The standard InChI is InChI=1S/C11H17BrN2O2/c1-8(2)13-5-10(15)7-14-6-9(12)3-4-11(14)16/h3-4,6,8,10,13,15H,5,7H2,1-2H3. The molecule has 1 aromatic heterocycles. The molecule has 0 bridgehead atoms. The summed E-state index contributed by atoms with van der Waals surface area (Å²) in [6, 6.07) is 3.50. The summed E-state index contributed by atoms with van der Waals surface area (Å²) in [5, 5.41) is 12.9. The zero-order valence-electron chi connectivity index (χ0n) is 9.48. The molecule has 1 unspecified atom stereocenters. The van der Waals surface area contributed by atoms with Gasteiger partial charge in [0.15, 0.2) is 0 Å². The first-order chi connectivity index (χ1) is 7.49. The molecule has 1 aromatic rings. The van der Waals surface area contributed by atoms with Gasteiger partial charge in [0.2, 0.25) is 0 Å². The Balaban J connectivity index is 2.58. The average molecular weight is 289 g/mol. The highest BCUT2D eigenvalue weighted by Gasteiger charge is 2.07. The van der Waals surface area contributed by atoms with Crippen molar-refractivity contribution in [1.29, 1.82) is 0 Å². The van der Waals surface area contributed by atoms with Crippen molar-refractivity contribution in [2.75, 3.05) is 6.54 Å². The normalized spacial score (nSPS) is 13.1. The summed E-state index contributed by atoms with van der Waals surface area (Å²) in [4.78, 5) is 11.5. The second-order valence-corrected chi connectivity index (χ2v) is 4.97. The van der Waals surface area contributed by atoms with Crippen LogP contribution in [0.5, 0.6) is 0 Å². The molecule has 4 nitrogen and oxygen atoms in total. The Kier molecular flexibility index (Phi) is 5.18. The van der Waals surface area contributed by atoms with Crippen LogP contribution in [0.25, 0.3) is 0 Å². The van der Waals surface area contributed by atoms with Gasteiger partial charge in [-0.15, -0.1) is 0 Å². The highest BCUT2D eigenvalue weighted by molar-refractivity contribution is 9.10. The second-order valence-electron chi connectivity index (χ2n) is 4.05. The first-order valence-electron chi connectivity index (χ1n) is 5.26. The van der Waals surface area contributed by atoms with Crippen molar-refractivity contribution < 1.29 is 5.11 Å². The van der Waals surface area contributed by atoms with Crippen molar-refractivity contribution >= 4 is 15.9 Å². The number of hydrogen-bond donors (Lipinski definition) is 2. The lowest BCUT2D eigenvalue weighted by Crippen LogP contribution is -2.36. The van der Waals surface area contributed by atoms with Crippen LogP contribution in [-0.2, 0) is 6.54 Å². The summed E-state index contributed by atoms with van der Waals surface area (Å²) in [5.41, 5.74) is -0.105. The fourth-order valence-electron chi connectivity index (χ4n) is 1.31. The molecule has 0 fully saturated rings. The fraction of sp³-hybridized carbons (Fsp3) is 0.545. The van der Waals surface area contributed by atoms with Gasteiger partial charge in [-0.05, 0) is 22.0 Å². The molecule has 2 N–H and O–H groups in total. The van der Waals surface area contributed by atoms with E-state index in [9.17, 15) is 9.90 Å². The van der Waals surface area contributed by atoms with E-state index in [1.165, 1.54) is 10.6 Å². The monoisotopic (exact) mass is 288 g/mol. The van der Waals surface area contributed by atoms with E-state index in [0.29, 0.717) is 19.1 Å². The Hall–Kier alpha value is -0.650. The number of nitrogens with one attached hydrogen (secondary N) is 1. The quantitative estimate of drug-likeness (QED) is 0.849. The average Bonchev–Trinajstić information content (AvgIpc) is 2.20. The number of aliphatic hydroxyl groups excluding tert-OH is 1. The highest BCUT2D eigenvalue weighted by Crippen LogP contribution is 2.05. The zero-order chi connectivity index (χ0) is 12.1. The van der Waals surface area contributed by atoms with E-state index < -0.39 is 6.10 Å². The number of pyridine rings is 1. The molecule has 1 atom stereocenters. The molecule has 5 heteroatoms. The van der Waals surface area contributed by atoms with Gasteiger partial charge in [0.05, 0.1) is 12.6 Å². The van der Waals surface area contributed by atoms with E-state index in [-0.39, 0.29) is 5.56 Å². The van der Waals surface area contributed by atoms with Gasteiger partial charge in [-0.3, -0.25) is 4.79 Å². The summed E-state index contributed by atoms with van der Waals surface area (Å²) in [7, 11) is 0. The van der Waals surface area contributed by atoms with Gasteiger partial charge in [-0.25, -0.2) is 0 Å². The fourth-order valence-corrected chi connectivity index (χ4v) is 1.69. The maximum atomic E-state index is 11.5. The number of aromatic nitrogens is 1. The van der Waals surface area contributed by atoms with Crippen molar-refractivity contribution in [1.82, 2.24) is 9.88 Å². The smallest absolute Gasteiger partial charge is 0.250 e. The molecule has 16 heavy (non-hydrogen) atoms. The Morgan fingerprint density at radius 2 is 2.19 bits per heavy atom. The molecule has 0 aliphatic carbocycles. The topological polar surface area (TPSA) is 54.3 Å². The van der Waals surface area contributed by atoms with Crippen LogP contribution in [0, 0.1) is 0 Å². The van der Waals surface area contributed by atoms with Crippen LogP contribution >= 0.6 is 15.9 Å². The molecule has 0 aliphatic rings. The molecule has 0 spiro atoms. The van der Waals surface area contributed by atoms with Crippen molar-refractivity contribution in [3.63, 3.8) is 0 Å². The third kappa shape index (κ3) is 4.47. The Morgan fingerprint density at radius 3 is 2.81 bits per heavy atom. The molecule has 90 valence electrons. The van der Waals surface area contributed by atoms with Gasteiger partial charge in [-0.2, -0.15) is 0 Å². The van der Waals surface area contributed by atoms with E-state index in [1.54, 1.807) is 12.3 Å². The van der Waals surface area contributed by atoms with E-state index >= 15 is 0 Å². The summed E-state index contributed by atoms with van der Waals surface area (Å²) in [6.45, 7) is 4.81. The molecular formula is C11H17BrN2O2. The van der Waals surface area contributed by atoms with Crippen LogP contribution in [0.3, 0.4) is 0 Å². The first-order valence-corrected chi connectivity index (χ1v) is 6.06. The molecular weight excluding hydrogens is 272 g/mol. The molecule has 0 saturated carbocycles. The van der Waals surface area contributed by atoms with Crippen LogP contribution in [0.1, 0.15) is 13.8 Å². The van der Waals surface area contributed by atoms with Gasteiger partial charge in [0.25, 0.3) is 5.56 Å². The van der Waals surface area contributed by atoms with Gasteiger partial charge in [0.1, 0.15) is 0 Å². The minimum atomic E-state index is -0.561. The van der Waals surface area contributed by atoms with Crippen molar-refractivity contribution in [3.05, 3.63) is 33.2 Å². The van der Waals surface area contributed by atoms with E-state index in [4.69, 9.17) is 0 Å². The molecule has 1 heterocycles. The van der Waals surface area contributed by atoms with Crippen LogP contribution in [0.15, 0.2) is 27.6 Å². The maximum absolute atomic E-state index is 11.5. The number of rotatable bonds is 5. The van der Waals surface area contributed by atoms with Crippen LogP contribution in [-0.4, -0.2) is 28.4 Å². The van der Waals surface area contributed by atoms with Gasteiger partial charge in [-0.1, -0.05) is 13.8 Å². The van der Waals surface area contributed by atoms with E-state index in [0.717, 1.165) is 4.47 Å². The maximum Gasteiger partial charge on any atom is 0.250 e. The largest absolute Gasteiger partial charge is 0.390 e. The van der Waals surface area contributed by atoms with Crippen molar-refractivity contribution in [2.24, 2.45) is 0 Å². The Bertz CT molecular complexity index is 390. The van der Waals surface area contributed by atoms with Gasteiger partial charge >= 0.3 is 0 Å². The Morgan fingerprint density at radius 1 is 1.50 bits per heavy atom. The minimum absolute atomic E-state index is 0.105. The number of nitrogens with zero attached hydrogens (tertiary/aromatic N) is 1. The summed E-state index contributed by atoms with van der Waals surface area (Å²) < 4.78 is 2.33. The van der Waals surface area contributed by atoms with Crippen molar-refractivity contribution in [3.8, 4) is 0 Å². The summed E-state index contributed by atoms with van der Waals surface area (Å²) >= 11 is 3.29. The predicted octanol–water partition coefficient (Wildman–Crippen LogP) is 0.970. The minimum Gasteiger partial charge on any atom is -0.390 e. The van der Waals surface area contributed by atoms with Gasteiger partial charge < -0.3 is 15.0 Å². The van der Waals surface area contributed by atoms with Crippen molar-refractivity contribution in [2.45, 2.75) is 32.5 Å². The van der Waals surface area contributed by atoms with Crippen LogP contribution in [0.4, 0.5) is 0 Å². The predicted molar refractivity (Wildman–Crippen MR) is 67.5 cm³/mol. The van der Waals surface area contributed by atoms with Gasteiger partial charge in [0, 0.05) is 29.3 Å². The molecule has 0 amide bonds. The van der Waals surface area contributed by atoms with Crippen LogP contribution in [0.2, 0.25) is 0 Å². The molecule has 0 radical (unpaired) electrons. The van der Waals surface area contributed by atoms with E-state index in [1.807, 2.05) is 13.8 Å². The second kappa shape index (κ2) is 6.18. The lowest BCUT2D eigenvalue weighted by molar-refractivity contribution is 0.147. The SMILES string of the molecule is CC(C)NCC(O)Cn1cc(Br)ccc1=O. The summed E-state index contributed by atoms with van der Waals surface area (Å²) in [5.74, 6) is 0. The zero-order valence-corrected chi connectivity index (χ0v) is 11.1. The number of halogens is 1. The summed E-state index contributed by atoms with van der Waals surface area (Å²) in [6.07, 6.45) is 1.12. The third-order valence-electron chi connectivity index (χ3n) is 2.12. The molecule has 0 saturated heterocycles. The first kappa shape index (κ1) is 13.4. The highest BCUT2D eigenvalue weighted by atomic mass is 79.9. The van der Waals surface area contributed by atoms with E-state index in [2.05, 4.69) is 21.2 Å². The van der Waals surface area contributed by atoms with Crippen LogP contribution < -0.4 is 10.9 Å². The number of aliphatic hydroxyl groups is 1. The third-order valence-corrected chi connectivity index (χ3v) is 2.59. The molecule has 1 rings (SSSR count). The lowest BCUT2D eigenvalue weighted by atomic mass is 10.3. The lowest BCUT2D eigenvalue weighted by Gasteiger charge is -2.15.